The zero-order chi connectivity index (χ0) is 20.3. The van der Waals surface area contributed by atoms with E-state index in [0.717, 1.165) is 18.4 Å². The van der Waals surface area contributed by atoms with Crippen LogP contribution in [0, 0.1) is 23.2 Å². The summed E-state index contributed by atoms with van der Waals surface area (Å²) in [5.41, 5.74) is 3.02. The third-order valence-corrected chi connectivity index (χ3v) is 6.79. The van der Waals surface area contributed by atoms with Crippen molar-refractivity contribution in [2.45, 2.75) is 83.2 Å². The van der Waals surface area contributed by atoms with E-state index in [1.165, 1.54) is 75.8 Å². The highest BCUT2D eigenvalue weighted by atomic mass is 16.5. The van der Waals surface area contributed by atoms with Gasteiger partial charge >= 0.3 is 0 Å². The van der Waals surface area contributed by atoms with Gasteiger partial charge in [-0.15, -0.1) is 0 Å². The minimum Gasteiger partial charge on any atom is -0.378 e. The number of rotatable bonds is 8. The molecule has 1 aromatic rings. The number of aryl methyl sites for hydroxylation is 1. The summed E-state index contributed by atoms with van der Waals surface area (Å²) in [5.74, 6) is 2.15. The van der Waals surface area contributed by atoms with E-state index < -0.39 is 0 Å². The molecule has 0 spiro atoms. The van der Waals surface area contributed by atoms with Gasteiger partial charge in [-0.05, 0) is 86.7 Å². The molecule has 2 nitrogen and oxygen atoms in total. The van der Waals surface area contributed by atoms with Gasteiger partial charge in [-0.1, -0.05) is 55.8 Å². The predicted octanol–water partition coefficient (Wildman–Crippen LogP) is 7.12. The predicted molar refractivity (Wildman–Crippen MR) is 121 cm³/mol. The summed E-state index contributed by atoms with van der Waals surface area (Å²) in [6.07, 6.45) is 20.5. The first kappa shape index (κ1) is 21.8. The van der Waals surface area contributed by atoms with Crippen molar-refractivity contribution in [3.8, 4) is 6.07 Å². The maximum absolute atomic E-state index is 8.52. The molecular formula is C27H37NO. The van der Waals surface area contributed by atoms with Gasteiger partial charge in [0.25, 0.3) is 0 Å². The number of allylic oxidation sites excluding steroid dienone is 4. The summed E-state index contributed by atoms with van der Waals surface area (Å²) in [5, 5.41) is 8.52. The normalized spacial score (nSPS) is 28.0. The fourth-order valence-corrected chi connectivity index (χ4v) is 4.95. The monoisotopic (exact) mass is 391 g/mol. The summed E-state index contributed by atoms with van der Waals surface area (Å²) < 4.78 is 6.32. The van der Waals surface area contributed by atoms with Crippen molar-refractivity contribution >= 4 is 0 Å². The molecule has 0 aromatic heterocycles. The first-order valence-electron chi connectivity index (χ1n) is 11.7. The molecular weight excluding hydrogens is 354 g/mol. The lowest BCUT2D eigenvalue weighted by Crippen LogP contribution is -2.25. The van der Waals surface area contributed by atoms with Crippen LogP contribution in [0.1, 0.15) is 81.8 Å². The Morgan fingerprint density at radius 2 is 1.69 bits per heavy atom. The van der Waals surface area contributed by atoms with Crippen molar-refractivity contribution in [1.29, 1.82) is 5.26 Å². The van der Waals surface area contributed by atoms with Crippen LogP contribution in [0.15, 0.2) is 48.6 Å². The van der Waals surface area contributed by atoms with Gasteiger partial charge in [0.1, 0.15) is 0 Å². The van der Waals surface area contributed by atoms with Gasteiger partial charge in [0.2, 0.25) is 0 Å². The van der Waals surface area contributed by atoms with E-state index in [2.05, 4.69) is 37.3 Å². The average molecular weight is 392 g/mol. The van der Waals surface area contributed by atoms with Crippen molar-refractivity contribution in [2.24, 2.45) is 11.8 Å². The fourth-order valence-electron chi connectivity index (χ4n) is 4.95. The van der Waals surface area contributed by atoms with Crippen molar-refractivity contribution in [3.05, 3.63) is 59.7 Å². The zero-order valence-corrected chi connectivity index (χ0v) is 18.1. The Hall–Kier alpha value is -1.85. The highest BCUT2D eigenvalue weighted by Crippen LogP contribution is 2.36. The van der Waals surface area contributed by atoms with Crippen LogP contribution in [0.3, 0.4) is 0 Å². The molecule has 156 valence electrons. The minimum absolute atomic E-state index is 0.457. The molecule has 1 aromatic carbocycles. The van der Waals surface area contributed by atoms with Crippen molar-refractivity contribution in [1.82, 2.24) is 0 Å². The lowest BCUT2D eigenvalue weighted by atomic mass is 9.79. The molecule has 2 fully saturated rings. The third-order valence-electron chi connectivity index (χ3n) is 6.79. The molecule has 0 atom stereocenters. The van der Waals surface area contributed by atoms with Crippen LogP contribution >= 0.6 is 0 Å². The summed E-state index contributed by atoms with van der Waals surface area (Å²) >= 11 is 0. The molecule has 0 radical (unpaired) electrons. The van der Waals surface area contributed by atoms with Crippen molar-refractivity contribution < 1.29 is 4.74 Å². The molecule has 0 aliphatic heterocycles. The van der Waals surface area contributed by atoms with Gasteiger partial charge in [-0.25, -0.2) is 0 Å². The van der Waals surface area contributed by atoms with Crippen molar-refractivity contribution in [3.63, 3.8) is 0 Å². The second kappa shape index (κ2) is 12.0. The molecule has 0 amide bonds. The number of nitrogens with zero attached hydrogens (tertiary/aromatic N) is 1. The Morgan fingerprint density at radius 3 is 2.34 bits per heavy atom. The Kier molecular flexibility index (Phi) is 9.03. The second-order valence-corrected chi connectivity index (χ2v) is 8.95. The molecule has 3 rings (SSSR count). The largest absolute Gasteiger partial charge is 0.378 e. The molecule has 2 saturated carbocycles. The molecule has 0 bridgehead atoms. The lowest BCUT2D eigenvalue weighted by Gasteiger charge is -2.32. The Labute approximate surface area is 177 Å². The molecule has 2 aliphatic rings. The van der Waals surface area contributed by atoms with Crippen LogP contribution in [0.5, 0.6) is 0 Å². The first-order chi connectivity index (χ1) is 14.3. The van der Waals surface area contributed by atoms with E-state index in [4.69, 9.17) is 10.00 Å². The molecule has 0 N–H and O–H groups in total. The fraction of sp³-hybridized carbons (Fsp3) is 0.593. The van der Waals surface area contributed by atoms with E-state index in [1.807, 2.05) is 18.2 Å². The van der Waals surface area contributed by atoms with Crippen molar-refractivity contribution in [2.75, 3.05) is 6.61 Å². The van der Waals surface area contributed by atoms with Gasteiger partial charge in [0.05, 0.1) is 12.2 Å². The second-order valence-electron chi connectivity index (χ2n) is 8.95. The molecule has 2 aliphatic carbocycles. The van der Waals surface area contributed by atoms with Crippen LogP contribution in [-0.2, 0) is 11.2 Å². The third kappa shape index (κ3) is 7.16. The smallest absolute Gasteiger partial charge is 0.0912 e. The number of hydrogen-bond donors (Lipinski definition) is 0. The number of nitriles is 1. The summed E-state index contributed by atoms with van der Waals surface area (Å²) in [6.45, 7) is 3.20. The molecule has 0 saturated heterocycles. The molecule has 0 unspecified atom stereocenters. The van der Waals surface area contributed by atoms with Gasteiger partial charge < -0.3 is 4.74 Å². The summed E-state index contributed by atoms with van der Waals surface area (Å²) in [6, 6.07) is 11.4. The Bertz CT molecular complexity index is 680. The topological polar surface area (TPSA) is 33.0 Å². The van der Waals surface area contributed by atoms with E-state index >= 15 is 0 Å². The standard InChI is InChI=1S/C27H37NO/c1-2-6-22-8-14-25(15-9-22)26-16-10-24(11-17-26)21-29-27-18-12-23(13-19-27)7-4-3-5-20-28/h3-5,7-9,14-15,23-24,26-27H,2,6,10-13,16-19,21H2,1H3. The van der Waals surface area contributed by atoms with Crippen LogP contribution in [0.4, 0.5) is 0 Å². The lowest BCUT2D eigenvalue weighted by molar-refractivity contribution is -0.00456. The first-order valence-corrected chi connectivity index (χ1v) is 11.7. The van der Waals surface area contributed by atoms with E-state index in [1.54, 1.807) is 5.56 Å². The maximum Gasteiger partial charge on any atom is 0.0912 e. The Morgan fingerprint density at radius 1 is 0.966 bits per heavy atom. The quantitative estimate of drug-likeness (QED) is 0.349. The van der Waals surface area contributed by atoms with E-state index in [0.29, 0.717) is 12.0 Å². The highest BCUT2D eigenvalue weighted by Gasteiger charge is 2.25. The number of hydrogen-bond acceptors (Lipinski definition) is 2. The van der Waals surface area contributed by atoms with Gasteiger partial charge in [0, 0.05) is 12.7 Å². The number of ether oxygens (including phenoxy) is 1. The highest BCUT2D eigenvalue weighted by molar-refractivity contribution is 5.26. The van der Waals surface area contributed by atoms with Gasteiger partial charge in [-0.2, -0.15) is 5.26 Å². The number of benzene rings is 1. The van der Waals surface area contributed by atoms with Crippen LogP contribution in [-0.4, -0.2) is 12.7 Å². The van der Waals surface area contributed by atoms with Crippen LogP contribution in [0.2, 0.25) is 0 Å². The van der Waals surface area contributed by atoms with Gasteiger partial charge in [-0.3, -0.25) is 0 Å². The zero-order valence-electron chi connectivity index (χ0n) is 18.1. The maximum atomic E-state index is 8.52. The summed E-state index contributed by atoms with van der Waals surface area (Å²) in [4.78, 5) is 0. The average Bonchev–Trinajstić information content (AvgIpc) is 2.77. The molecule has 2 heteroatoms. The molecule has 29 heavy (non-hydrogen) atoms. The summed E-state index contributed by atoms with van der Waals surface area (Å²) in [7, 11) is 0. The Balaban J connectivity index is 1.33. The minimum atomic E-state index is 0.457. The van der Waals surface area contributed by atoms with Crippen LogP contribution < -0.4 is 0 Å². The van der Waals surface area contributed by atoms with E-state index in [9.17, 15) is 0 Å². The SMILES string of the molecule is CCCc1ccc(C2CCC(COC3CCC(C=CC=CC#N)CC3)CC2)cc1. The van der Waals surface area contributed by atoms with E-state index in [-0.39, 0.29) is 0 Å². The molecule has 0 heterocycles. The van der Waals surface area contributed by atoms with Gasteiger partial charge in [0.15, 0.2) is 0 Å². The van der Waals surface area contributed by atoms with Crippen LogP contribution in [0.25, 0.3) is 0 Å².